The minimum absolute atomic E-state index is 0.210. The van der Waals surface area contributed by atoms with Crippen molar-refractivity contribution in [3.05, 3.63) is 71.9 Å². The molecule has 0 spiro atoms. The quantitative estimate of drug-likeness (QED) is 0.528. The molecule has 2 heterocycles. The molecule has 0 atom stereocenters. The summed E-state index contributed by atoms with van der Waals surface area (Å²) in [5.74, 6) is 0.897. The lowest BCUT2D eigenvalue weighted by Gasteiger charge is -2.04. The summed E-state index contributed by atoms with van der Waals surface area (Å²) in [6, 6.07) is 18.6. The molecule has 0 saturated carbocycles. The molecule has 2 aromatic carbocycles. The van der Waals surface area contributed by atoms with Crippen LogP contribution in [0.15, 0.2) is 71.3 Å². The van der Waals surface area contributed by atoms with E-state index in [1.165, 1.54) is 0 Å². The number of hydrogen-bond donors (Lipinski definition) is 1. The van der Waals surface area contributed by atoms with Crippen molar-refractivity contribution in [2.45, 2.75) is 0 Å². The lowest BCUT2D eigenvalue weighted by atomic mass is 9.99. The minimum Gasteiger partial charge on any atom is -0.508 e. The van der Waals surface area contributed by atoms with Crippen LogP contribution in [-0.4, -0.2) is 10.1 Å². The first-order valence-electron chi connectivity index (χ1n) is 7.16. The molecule has 4 heteroatoms. The fraction of sp³-hybridized carbons (Fsp3) is 0. The number of furan rings is 1. The Bertz CT molecular complexity index is 976. The SMILES string of the molecule is Oc1ccc(-c2oc3nccc(Cl)c3c2-c2ccccc2)cc1. The molecule has 0 bridgehead atoms. The Morgan fingerprint density at radius 3 is 2.35 bits per heavy atom. The maximum Gasteiger partial charge on any atom is 0.228 e. The molecule has 0 aliphatic carbocycles. The molecule has 4 aromatic rings. The second-order valence-corrected chi connectivity index (χ2v) is 5.60. The molecule has 0 fully saturated rings. The summed E-state index contributed by atoms with van der Waals surface area (Å²) in [7, 11) is 0. The maximum atomic E-state index is 9.51. The molecule has 0 amide bonds. The van der Waals surface area contributed by atoms with E-state index >= 15 is 0 Å². The first kappa shape index (κ1) is 13.9. The van der Waals surface area contributed by atoms with Crippen LogP contribution < -0.4 is 0 Å². The second-order valence-electron chi connectivity index (χ2n) is 5.19. The normalized spacial score (nSPS) is 11.0. The number of pyridine rings is 1. The van der Waals surface area contributed by atoms with E-state index < -0.39 is 0 Å². The maximum absolute atomic E-state index is 9.51. The van der Waals surface area contributed by atoms with E-state index in [0.29, 0.717) is 16.5 Å². The molecule has 2 aromatic heterocycles. The zero-order chi connectivity index (χ0) is 15.8. The number of aromatic nitrogens is 1. The van der Waals surface area contributed by atoms with Gasteiger partial charge in [0.05, 0.1) is 10.4 Å². The van der Waals surface area contributed by atoms with Gasteiger partial charge in [0.25, 0.3) is 0 Å². The molecule has 0 radical (unpaired) electrons. The summed E-state index contributed by atoms with van der Waals surface area (Å²) in [6.45, 7) is 0. The zero-order valence-electron chi connectivity index (χ0n) is 12.0. The highest BCUT2D eigenvalue weighted by atomic mass is 35.5. The largest absolute Gasteiger partial charge is 0.508 e. The van der Waals surface area contributed by atoms with Crippen molar-refractivity contribution in [1.29, 1.82) is 0 Å². The van der Waals surface area contributed by atoms with Gasteiger partial charge < -0.3 is 9.52 Å². The van der Waals surface area contributed by atoms with Crippen LogP contribution in [0.1, 0.15) is 0 Å². The number of nitrogens with zero attached hydrogens (tertiary/aromatic N) is 1. The Hall–Kier alpha value is -2.78. The van der Waals surface area contributed by atoms with Gasteiger partial charge in [-0.2, -0.15) is 0 Å². The monoisotopic (exact) mass is 321 g/mol. The number of benzene rings is 2. The summed E-state index contributed by atoms with van der Waals surface area (Å²) in [5, 5.41) is 10.9. The lowest BCUT2D eigenvalue weighted by Crippen LogP contribution is -1.81. The van der Waals surface area contributed by atoms with Crippen molar-refractivity contribution in [1.82, 2.24) is 4.98 Å². The summed E-state index contributed by atoms with van der Waals surface area (Å²) in [4.78, 5) is 4.29. The second kappa shape index (κ2) is 5.45. The topological polar surface area (TPSA) is 46.3 Å². The average molecular weight is 322 g/mol. The molecule has 4 rings (SSSR count). The van der Waals surface area contributed by atoms with E-state index in [9.17, 15) is 5.11 Å². The van der Waals surface area contributed by atoms with Crippen LogP contribution in [0, 0.1) is 0 Å². The van der Waals surface area contributed by atoms with Crippen LogP contribution in [0.5, 0.6) is 5.75 Å². The molecule has 0 aliphatic rings. The molecule has 0 unspecified atom stereocenters. The first-order valence-corrected chi connectivity index (χ1v) is 7.53. The summed E-state index contributed by atoms with van der Waals surface area (Å²) in [5.41, 5.74) is 3.27. The molecule has 1 N–H and O–H groups in total. The van der Waals surface area contributed by atoms with Crippen molar-refractivity contribution in [3.63, 3.8) is 0 Å². The fourth-order valence-electron chi connectivity index (χ4n) is 2.68. The van der Waals surface area contributed by atoms with Crippen LogP contribution in [0.25, 0.3) is 33.6 Å². The van der Waals surface area contributed by atoms with Crippen LogP contribution in [0.3, 0.4) is 0 Å². The molecule has 3 nitrogen and oxygen atoms in total. The van der Waals surface area contributed by atoms with Gasteiger partial charge in [0.1, 0.15) is 11.5 Å². The smallest absolute Gasteiger partial charge is 0.228 e. The van der Waals surface area contributed by atoms with E-state index in [-0.39, 0.29) is 5.75 Å². The third-order valence-electron chi connectivity index (χ3n) is 3.73. The average Bonchev–Trinajstić information content (AvgIpc) is 2.97. The van der Waals surface area contributed by atoms with Crippen LogP contribution in [0.4, 0.5) is 0 Å². The number of aromatic hydroxyl groups is 1. The highest BCUT2D eigenvalue weighted by Gasteiger charge is 2.20. The van der Waals surface area contributed by atoms with Crippen molar-refractivity contribution < 1.29 is 9.52 Å². The molecule has 23 heavy (non-hydrogen) atoms. The van der Waals surface area contributed by atoms with Gasteiger partial charge in [-0.1, -0.05) is 41.9 Å². The molecule has 0 aliphatic heterocycles. The third kappa shape index (κ3) is 2.35. The van der Waals surface area contributed by atoms with Crippen LogP contribution in [-0.2, 0) is 0 Å². The van der Waals surface area contributed by atoms with Crippen molar-refractivity contribution in [3.8, 4) is 28.2 Å². The van der Waals surface area contributed by atoms with E-state index in [1.807, 2.05) is 42.5 Å². The summed E-state index contributed by atoms with van der Waals surface area (Å²) >= 11 is 6.40. The summed E-state index contributed by atoms with van der Waals surface area (Å²) in [6.07, 6.45) is 1.63. The lowest BCUT2D eigenvalue weighted by molar-refractivity contribution is 0.475. The van der Waals surface area contributed by atoms with Crippen molar-refractivity contribution >= 4 is 22.7 Å². The van der Waals surface area contributed by atoms with E-state index in [1.54, 1.807) is 24.4 Å². The van der Waals surface area contributed by atoms with Gasteiger partial charge in [-0.15, -0.1) is 0 Å². The first-order chi connectivity index (χ1) is 11.2. The van der Waals surface area contributed by atoms with E-state index in [0.717, 1.165) is 22.1 Å². The zero-order valence-corrected chi connectivity index (χ0v) is 12.8. The van der Waals surface area contributed by atoms with Gasteiger partial charge in [0.15, 0.2) is 0 Å². The highest BCUT2D eigenvalue weighted by Crippen LogP contribution is 2.42. The number of fused-ring (bicyclic) bond motifs is 1. The third-order valence-corrected chi connectivity index (χ3v) is 4.05. The van der Waals surface area contributed by atoms with Crippen molar-refractivity contribution in [2.75, 3.05) is 0 Å². The predicted octanol–water partition coefficient (Wildman–Crippen LogP) is 5.52. The summed E-state index contributed by atoms with van der Waals surface area (Å²) < 4.78 is 5.98. The number of phenols is 1. The van der Waals surface area contributed by atoms with Gasteiger partial charge in [-0.3, -0.25) is 0 Å². The number of halogens is 1. The highest BCUT2D eigenvalue weighted by molar-refractivity contribution is 6.36. The minimum atomic E-state index is 0.210. The van der Waals surface area contributed by atoms with E-state index in [4.69, 9.17) is 16.0 Å². The number of hydrogen-bond acceptors (Lipinski definition) is 3. The van der Waals surface area contributed by atoms with Gasteiger partial charge >= 0.3 is 0 Å². The predicted molar refractivity (Wildman–Crippen MR) is 91.6 cm³/mol. The van der Waals surface area contributed by atoms with Gasteiger partial charge in [-0.25, -0.2) is 4.98 Å². The van der Waals surface area contributed by atoms with Crippen molar-refractivity contribution in [2.24, 2.45) is 0 Å². The Morgan fingerprint density at radius 1 is 0.870 bits per heavy atom. The molecular formula is C19H12ClNO2. The molecule has 112 valence electrons. The van der Waals surface area contributed by atoms with Crippen LogP contribution >= 0.6 is 11.6 Å². The van der Waals surface area contributed by atoms with Gasteiger partial charge in [-0.05, 0) is 35.9 Å². The Labute approximate surface area is 137 Å². The Morgan fingerprint density at radius 2 is 1.61 bits per heavy atom. The van der Waals surface area contributed by atoms with Crippen LogP contribution in [0.2, 0.25) is 5.02 Å². The standard InChI is InChI=1S/C19H12ClNO2/c20-15-10-11-21-19-17(15)16(12-4-2-1-3-5-12)18(23-19)13-6-8-14(22)9-7-13/h1-11,22H. The van der Waals surface area contributed by atoms with Gasteiger partial charge in [0.2, 0.25) is 5.71 Å². The molecule has 0 saturated heterocycles. The van der Waals surface area contributed by atoms with E-state index in [2.05, 4.69) is 4.98 Å². The Balaban J connectivity index is 2.08. The Kier molecular flexibility index (Phi) is 3.28. The number of rotatable bonds is 2. The number of phenolic OH excluding ortho intramolecular Hbond substituents is 1. The fourth-order valence-corrected chi connectivity index (χ4v) is 2.91. The van der Waals surface area contributed by atoms with Gasteiger partial charge in [0, 0.05) is 17.3 Å². The molecular weight excluding hydrogens is 310 g/mol.